The molecule has 0 spiro atoms. The molecule has 2 N–H and O–H groups in total. The van der Waals surface area contributed by atoms with Gasteiger partial charge in [0, 0.05) is 13.6 Å². The summed E-state index contributed by atoms with van der Waals surface area (Å²) in [6.07, 6.45) is 0. The van der Waals surface area contributed by atoms with Gasteiger partial charge < -0.3 is 10.6 Å². The number of hydrogen-bond acceptors (Lipinski definition) is 4. The topological polar surface area (TPSA) is 54.0 Å². The fraction of sp³-hybridized carbons (Fsp3) is 0.286. The third-order valence-electron chi connectivity index (χ3n) is 3.02. The van der Waals surface area contributed by atoms with Crippen molar-refractivity contribution in [1.82, 2.24) is 9.69 Å². The largest absolute Gasteiger partial charge is 0.378 e. The van der Waals surface area contributed by atoms with Crippen LogP contribution in [-0.4, -0.2) is 17.3 Å². The summed E-state index contributed by atoms with van der Waals surface area (Å²) in [5.74, 6) is -0.0844. The van der Waals surface area contributed by atoms with Crippen molar-refractivity contribution >= 4 is 22.4 Å². The van der Waals surface area contributed by atoms with Crippen molar-refractivity contribution in [3.63, 3.8) is 0 Å². The number of carbonyl (C=O) groups excluding carboxylic acids is 1. The average molecular weight is 275 g/mol. The first-order valence-electron chi connectivity index (χ1n) is 6.10. The van der Waals surface area contributed by atoms with Gasteiger partial charge in [0.15, 0.2) is 0 Å². The van der Waals surface area contributed by atoms with E-state index in [9.17, 15) is 4.79 Å². The van der Waals surface area contributed by atoms with Gasteiger partial charge in [-0.15, -0.1) is 0 Å². The van der Waals surface area contributed by atoms with E-state index in [2.05, 4.69) is 15.0 Å². The molecule has 1 aromatic carbocycles. The molecule has 1 aromatic heterocycles. The fourth-order valence-electron chi connectivity index (χ4n) is 1.88. The molecule has 0 fully saturated rings. The highest BCUT2D eigenvalue weighted by molar-refractivity contribution is 7.10. The predicted octanol–water partition coefficient (Wildman–Crippen LogP) is 2.73. The molecular formula is C14H17N3OS. The highest BCUT2D eigenvalue weighted by atomic mass is 32.1. The quantitative estimate of drug-likeness (QED) is 0.902. The number of nitrogens with one attached hydrogen (secondary N) is 2. The van der Waals surface area contributed by atoms with Gasteiger partial charge in [-0.1, -0.05) is 24.3 Å². The molecule has 1 heterocycles. The Balaban J connectivity index is 2.10. The smallest absolute Gasteiger partial charge is 0.256 e. The highest BCUT2D eigenvalue weighted by Crippen LogP contribution is 2.23. The Labute approximate surface area is 117 Å². The van der Waals surface area contributed by atoms with Gasteiger partial charge in [0.05, 0.1) is 11.3 Å². The summed E-state index contributed by atoms with van der Waals surface area (Å²) in [7, 11) is 1.80. The fourth-order valence-corrected chi connectivity index (χ4v) is 2.62. The van der Waals surface area contributed by atoms with Crippen LogP contribution in [0.3, 0.4) is 0 Å². The number of anilines is 1. The van der Waals surface area contributed by atoms with Crippen molar-refractivity contribution in [3.05, 3.63) is 46.6 Å². The summed E-state index contributed by atoms with van der Waals surface area (Å²) in [6, 6.07) is 8.03. The van der Waals surface area contributed by atoms with E-state index >= 15 is 0 Å². The summed E-state index contributed by atoms with van der Waals surface area (Å²) >= 11 is 1.31. The molecule has 1 amide bonds. The number of rotatable bonds is 4. The van der Waals surface area contributed by atoms with Crippen LogP contribution in [0.5, 0.6) is 0 Å². The first kappa shape index (κ1) is 13.5. The number of aryl methyl sites for hydroxylation is 2. The summed E-state index contributed by atoms with van der Waals surface area (Å²) < 4.78 is 4.20. The molecule has 5 heteroatoms. The van der Waals surface area contributed by atoms with Crippen molar-refractivity contribution in [3.8, 4) is 0 Å². The first-order valence-corrected chi connectivity index (χ1v) is 6.87. The highest BCUT2D eigenvalue weighted by Gasteiger charge is 2.17. The summed E-state index contributed by atoms with van der Waals surface area (Å²) in [6.45, 7) is 4.42. The zero-order chi connectivity index (χ0) is 13.8. The van der Waals surface area contributed by atoms with Gasteiger partial charge in [0.25, 0.3) is 5.91 Å². The van der Waals surface area contributed by atoms with Crippen LogP contribution in [0, 0.1) is 13.8 Å². The normalized spacial score (nSPS) is 10.3. The third kappa shape index (κ3) is 2.93. The van der Waals surface area contributed by atoms with Crippen LogP contribution in [0.25, 0.3) is 0 Å². The molecule has 100 valence electrons. The zero-order valence-electron chi connectivity index (χ0n) is 11.3. The number of amides is 1. The minimum absolute atomic E-state index is 0.0844. The molecule has 0 bridgehead atoms. The maximum absolute atomic E-state index is 12.2. The number of hydrogen-bond donors (Lipinski definition) is 2. The summed E-state index contributed by atoms with van der Waals surface area (Å²) in [5.41, 5.74) is 3.71. The molecule has 0 aliphatic rings. The van der Waals surface area contributed by atoms with E-state index in [0.29, 0.717) is 12.1 Å². The molecule has 0 saturated heterocycles. The van der Waals surface area contributed by atoms with Gasteiger partial charge in [0.1, 0.15) is 5.00 Å². The van der Waals surface area contributed by atoms with E-state index in [0.717, 1.165) is 16.3 Å². The molecule has 4 nitrogen and oxygen atoms in total. The maximum Gasteiger partial charge on any atom is 0.256 e. The van der Waals surface area contributed by atoms with E-state index in [1.165, 1.54) is 17.1 Å². The molecule has 2 rings (SSSR count). The van der Waals surface area contributed by atoms with Crippen molar-refractivity contribution < 1.29 is 4.79 Å². The van der Waals surface area contributed by atoms with Gasteiger partial charge in [-0.2, -0.15) is 4.37 Å². The minimum Gasteiger partial charge on any atom is -0.378 e. The Hall–Kier alpha value is -1.88. The maximum atomic E-state index is 12.2. The second-order valence-electron chi connectivity index (χ2n) is 4.33. The number of carbonyl (C=O) groups is 1. The van der Waals surface area contributed by atoms with Gasteiger partial charge in [-0.25, -0.2) is 0 Å². The molecule has 0 radical (unpaired) electrons. The Morgan fingerprint density at radius 1 is 1.32 bits per heavy atom. The first-order chi connectivity index (χ1) is 9.13. The molecule has 2 aromatic rings. The zero-order valence-corrected chi connectivity index (χ0v) is 12.1. The molecule has 0 saturated carbocycles. The van der Waals surface area contributed by atoms with E-state index in [-0.39, 0.29) is 5.91 Å². The Morgan fingerprint density at radius 2 is 2.05 bits per heavy atom. The second-order valence-corrected chi connectivity index (χ2v) is 5.10. The van der Waals surface area contributed by atoms with Crippen LogP contribution < -0.4 is 10.6 Å². The summed E-state index contributed by atoms with van der Waals surface area (Å²) in [5, 5.41) is 6.75. The van der Waals surface area contributed by atoms with Crippen LogP contribution in [0.15, 0.2) is 24.3 Å². The van der Waals surface area contributed by atoms with Crippen LogP contribution >= 0.6 is 11.5 Å². The van der Waals surface area contributed by atoms with E-state index in [1.807, 2.05) is 38.1 Å². The van der Waals surface area contributed by atoms with Gasteiger partial charge in [0.2, 0.25) is 0 Å². The average Bonchev–Trinajstić information content (AvgIpc) is 2.78. The SMILES string of the molecule is CNc1snc(C)c1C(=O)NCc1ccccc1C. The Kier molecular flexibility index (Phi) is 4.16. The lowest BCUT2D eigenvalue weighted by atomic mass is 10.1. The lowest BCUT2D eigenvalue weighted by Gasteiger charge is -2.08. The molecule has 0 aliphatic heterocycles. The lowest BCUT2D eigenvalue weighted by Crippen LogP contribution is -2.24. The van der Waals surface area contributed by atoms with Crippen molar-refractivity contribution in [2.45, 2.75) is 20.4 Å². The molecular weight excluding hydrogens is 258 g/mol. The molecule has 19 heavy (non-hydrogen) atoms. The second kappa shape index (κ2) is 5.84. The van der Waals surface area contributed by atoms with Crippen LogP contribution in [0.4, 0.5) is 5.00 Å². The minimum atomic E-state index is -0.0844. The third-order valence-corrected chi connectivity index (χ3v) is 3.97. The van der Waals surface area contributed by atoms with Crippen LogP contribution in [-0.2, 0) is 6.54 Å². The number of benzene rings is 1. The van der Waals surface area contributed by atoms with Gasteiger partial charge in [-0.3, -0.25) is 4.79 Å². The lowest BCUT2D eigenvalue weighted by molar-refractivity contribution is 0.0951. The van der Waals surface area contributed by atoms with Gasteiger partial charge in [-0.05, 0) is 36.5 Å². The standard InChI is InChI=1S/C14H17N3OS/c1-9-6-4-5-7-11(9)8-16-13(18)12-10(2)17-19-14(12)15-3/h4-7,15H,8H2,1-3H3,(H,16,18). The van der Waals surface area contributed by atoms with E-state index in [4.69, 9.17) is 0 Å². The van der Waals surface area contributed by atoms with E-state index in [1.54, 1.807) is 7.05 Å². The Morgan fingerprint density at radius 3 is 2.74 bits per heavy atom. The van der Waals surface area contributed by atoms with Gasteiger partial charge >= 0.3 is 0 Å². The van der Waals surface area contributed by atoms with Crippen molar-refractivity contribution in [2.75, 3.05) is 12.4 Å². The number of aromatic nitrogens is 1. The molecule has 0 unspecified atom stereocenters. The predicted molar refractivity (Wildman–Crippen MR) is 78.7 cm³/mol. The Bertz CT molecular complexity index is 592. The van der Waals surface area contributed by atoms with Crippen LogP contribution in [0.2, 0.25) is 0 Å². The molecule has 0 atom stereocenters. The van der Waals surface area contributed by atoms with Crippen LogP contribution in [0.1, 0.15) is 27.2 Å². The number of nitrogens with zero attached hydrogens (tertiary/aromatic N) is 1. The van der Waals surface area contributed by atoms with Crippen molar-refractivity contribution in [2.24, 2.45) is 0 Å². The summed E-state index contributed by atoms with van der Waals surface area (Å²) in [4.78, 5) is 12.2. The van der Waals surface area contributed by atoms with E-state index < -0.39 is 0 Å². The van der Waals surface area contributed by atoms with Crippen molar-refractivity contribution in [1.29, 1.82) is 0 Å². The molecule has 0 aliphatic carbocycles. The monoisotopic (exact) mass is 275 g/mol.